The van der Waals surface area contributed by atoms with E-state index >= 15 is 0 Å². The van der Waals surface area contributed by atoms with Crippen LogP contribution in [0.5, 0.6) is 5.75 Å². The molecule has 0 aliphatic carbocycles. The molecule has 3 rings (SSSR count). The predicted molar refractivity (Wildman–Crippen MR) is 126 cm³/mol. The third-order valence-electron chi connectivity index (χ3n) is 5.20. The van der Waals surface area contributed by atoms with Crippen molar-refractivity contribution in [1.29, 1.82) is 0 Å². The molecule has 1 aromatic carbocycles. The molecule has 1 saturated heterocycles. The Morgan fingerprint density at radius 1 is 1.27 bits per heavy atom. The van der Waals surface area contributed by atoms with Crippen molar-refractivity contribution < 1.29 is 19.1 Å². The molecule has 33 heavy (non-hydrogen) atoms. The molecule has 176 valence electrons. The summed E-state index contributed by atoms with van der Waals surface area (Å²) >= 11 is 1.62. The van der Waals surface area contributed by atoms with Crippen molar-refractivity contribution in [3.8, 4) is 5.75 Å². The topological polar surface area (TPSA) is 109 Å². The first-order valence-electron chi connectivity index (χ1n) is 10.7. The average molecular weight is 473 g/mol. The summed E-state index contributed by atoms with van der Waals surface area (Å²) in [6, 6.07) is 7.47. The van der Waals surface area contributed by atoms with E-state index in [1.807, 2.05) is 29.6 Å². The Morgan fingerprint density at radius 3 is 2.67 bits per heavy atom. The van der Waals surface area contributed by atoms with Crippen LogP contribution in [0, 0.1) is 0 Å². The minimum atomic E-state index is -0.466. The maximum atomic E-state index is 12.2. The number of carbonyl (C=O) groups excluding carboxylic acids is 2. The lowest BCUT2D eigenvalue weighted by molar-refractivity contribution is -0.149. The van der Waals surface area contributed by atoms with Gasteiger partial charge in [-0.25, -0.2) is 9.99 Å². The maximum Gasteiger partial charge on any atom is 0.315 e. The minimum absolute atomic E-state index is 0.169. The van der Waals surface area contributed by atoms with Gasteiger partial charge in [-0.3, -0.25) is 9.59 Å². The molecule has 1 aliphatic heterocycles. The zero-order valence-corrected chi connectivity index (χ0v) is 19.7. The van der Waals surface area contributed by atoms with Crippen molar-refractivity contribution in [1.82, 2.24) is 9.88 Å². The number of piperidine rings is 1. The van der Waals surface area contributed by atoms with E-state index in [0.717, 1.165) is 35.0 Å². The van der Waals surface area contributed by atoms with Crippen molar-refractivity contribution in [3.05, 3.63) is 40.3 Å². The Kier molecular flexibility index (Phi) is 8.87. The first-order chi connectivity index (χ1) is 16.0. The second-order valence-corrected chi connectivity index (χ2v) is 8.33. The third kappa shape index (κ3) is 7.07. The molecule has 0 unspecified atom stereocenters. The van der Waals surface area contributed by atoms with Crippen LogP contribution in [0.4, 0.5) is 5.69 Å². The smallest absolute Gasteiger partial charge is 0.315 e. The summed E-state index contributed by atoms with van der Waals surface area (Å²) in [6.07, 6.45) is 1.47. The second kappa shape index (κ2) is 12.0. The van der Waals surface area contributed by atoms with Crippen molar-refractivity contribution in [3.63, 3.8) is 0 Å². The van der Waals surface area contributed by atoms with Gasteiger partial charge in [-0.2, -0.15) is 0 Å². The van der Waals surface area contributed by atoms with Gasteiger partial charge < -0.3 is 14.4 Å². The highest BCUT2D eigenvalue weighted by molar-refractivity contribution is 7.09. The lowest BCUT2D eigenvalue weighted by Gasteiger charge is -2.31. The van der Waals surface area contributed by atoms with E-state index in [0.29, 0.717) is 25.6 Å². The third-order valence-corrected chi connectivity index (χ3v) is 6.26. The number of anilines is 1. The fourth-order valence-electron chi connectivity index (χ4n) is 3.45. The number of likely N-dealkylation sites (tertiary alicyclic amines) is 1. The number of carbonyl (C=O) groups is 2. The summed E-state index contributed by atoms with van der Waals surface area (Å²) < 4.78 is 10.7. The quantitative estimate of drug-likeness (QED) is 0.171. The van der Waals surface area contributed by atoms with Gasteiger partial charge in [0.1, 0.15) is 18.8 Å². The zero-order valence-electron chi connectivity index (χ0n) is 18.8. The van der Waals surface area contributed by atoms with E-state index < -0.39 is 5.97 Å². The number of nitrogens with zero attached hydrogens (tertiary/aromatic N) is 6. The molecule has 0 atom stereocenters. The molecule has 2 aromatic rings. The Morgan fingerprint density at radius 2 is 2.00 bits per heavy atom. The van der Waals surface area contributed by atoms with Crippen LogP contribution >= 0.6 is 11.3 Å². The van der Waals surface area contributed by atoms with Gasteiger partial charge in [0, 0.05) is 38.2 Å². The Bertz CT molecular complexity index is 970. The Balaban J connectivity index is 1.46. The van der Waals surface area contributed by atoms with E-state index in [4.69, 9.17) is 14.5 Å². The van der Waals surface area contributed by atoms with Crippen LogP contribution in [-0.4, -0.2) is 55.2 Å². The number of hydrogen-bond acceptors (Lipinski definition) is 8. The molecule has 1 fully saturated rings. The molecule has 1 aromatic heterocycles. The van der Waals surface area contributed by atoms with Crippen LogP contribution < -0.4 is 9.75 Å². The monoisotopic (exact) mass is 472 g/mol. The lowest BCUT2D eigenvalue weighted by Crippen LogP contribution is -2.39. The van der Waals surface area contributed by atoms with Crippen LogP contribution in [0.25, 0.3) is 0 Å². The van der Waals surface area contributed by atoms with Gasteiger partial charge >= 0.3 is 5.97 Å². The normalized spacial score (nSPS) is 14.3. The van der Waals surface area contributed by atoms with Crippen LogP contribution in [0.3, 0.4) is 0 Å². The standard InChI is InChI=1S/C22H28N6O4S/c1-4-31-21(30)13-20(29)28-11-9-16(10-12-28)22-24-17(15-33-22)14-32-19-7-5-18(6-8-19)27(3)26-25-23-2/h5-8,15-16H,2,4,9-14H2,1,3H3/b26-25-. The molecule has 10 nitrogen and oxygen atoms in total. The highest BCUT2D eigenvalue weighted by atomic mass is 32.1. The molecule has 0 radical (unpaired) electrons. The number of esters is 1. The highest BCUT2D eigenvalue weighted by Crippen LogP contribution is 2.31. The van der Waals surface area contributed by atoms with Gasteiger partial charge in [-0.15, -0.1) is 16.4 Å². The van der Waals surface area contributed by atoms with Gasteiger partial charge in [0.2, 0.25) is 5.91 Å². The number of amides is 1. The van der Waals surface area contributed by atoms with Gasteiger partial charge in [-0.1, -0.05) is 0 Å². The highest BCUT2D eigenvalue weighted by Gasteiger charge is 2.27. The molecule has 0 bridgehead atoms. The molecule has 0 N–H and O–H groups in total. The molecular weight excluding hydrogens is 444 g/mol. The van der Waals surface area contributed by atoms with E-state index in [-0.39, 0.29) is 18.9 Å². The molecule has 11 heteroatoms. The molecule has 1 aliphatic rings. The minimum Gasteiger partial charge on any atom is -0.487 e. The average Bonchev–Trinajstić information content (AvgIpc) is 3.31. The summed E-state index contributed by atoms with van der Waals surface area (Å²) in [4.78, 5) is 30.2. The van der Waals surface area contributed by atoms with E-state index in [9.17, 15) is 9.59 Å². The van der Waals surface area contributed by atoms with E-state index in [2.05, 4.69) is 22.3 Å². The van der Waals surface area contributed by atoms with Crippen molar-refractivity contribution in [2.75, 3.05) is 31.8 Å². The van der Waals surface area contributed by atoms with Crippen LogP contribution in [0.2, 0.25) is 0 Å². The van der Waals surface area contributed by atoms with Gasteiger partial charge in [-0.05, 0) is 54.5 Å². The second-order valence-electron chi connectivity index (χ2n) is 7.44. The zero-order chi connectivity index (χ0) is 23.6. The molecular formula is C22H28N6O4S. The largest absolute Gasteiger partial charge is 0.487 e. The van der Waals surface area contributed by atoms with Gasteiger partial charge in [0.25, 0.3) is 0 Å². The Labute approximate surface area is 196 Å². The van der Waals surface area contributed by atoms with Crippen LogP contribution in [0.15, 0.2) is 45.2 Å². The van der Waals surface area contributed by atoms with Crippen LogP contribution in [-0.2, 0) is 20.9 Å². The number of rotatable bonds is 10. The SMILES string of the molecule is C=N/N=N\N(C)c1ccc(OCc2csc(C3CCN(C(=O)CC(=O)OCC)CC3)n2)cc1. The first kappa shape index (κ1) is 24.3. The Hall–Kier alpha value is -3.34. The fraction of sp³-hybridized carbons (Fsp3) is 0.455. The maximum absolute atomic E-state index is 12.2. The number of ether oxygens (including phenoxy) is 2. The summed E-state index contributed by atoms with van der Waals surface area (Å²) in [6.45, 7) is 6.90. The predicted octanol–water partition coefficient (Wildman–Crippen LogP) is 3.80. The van der Waals surface area contributed by atoms with Crippen molar-refractivity contribution in [2.24, 2.45) is 15.5 Å². The first-order valence-corrected chi connectivity index (χ1v) is 11.6. The summed E-state index contributed by atoms with van der Waals surface area (Å²) in [7, 11) is 1.77. The van der Waals surface area contributed by atoms with Gasteiger partial charge in [0.15, 0.2) is 0 Å². The van der Waals surface area contributed by atoms with Gasteiger partial charge in [0.05, 0.1) is 23.0 Å². The fourth-order valence-corrected chi connectivity index (χ4v) is 4.43. The van der Waals surface area contributed by atoms with Crippen LogP contribution in [0.1, 0.15) is 42.8 Å². The van der Waals surface area contributed by atoms with Crippen molar-refractivity contribution >= 4 is 35.6 Å². The molecule has 0 spiro atoms. The van der Waals surface area contributed by atoms with Crippen molar-refractivity contribution in [2.45, 2.75) is 38.7 Å². The summed E-state index contributed by atoms with van der Waals surface area (Å²) in [5.41, 5.74) is 1.72. The number of thiazole rings is 1. The number of hydrogen-bond donors (Lipinski definition) is 0. The molecule has 2 heterocycles. The summed E-state index contributed by atoms with van der Waals surface area (Å²) in [5, 5.41) is 15.4. The number of aromatic nitrogens is 1. The van der Waals surface area contributed by atoms with E-state index in [1.165, 1.54) is 0 Å². The summed E-state index contributed by atoms with van der Waals surface area (Å²) in [5.74, 6) is 0.405. The lowest BCUT2D eigenvalue weighted by atomic mass is 9.97. The number of benzene rings is 1. The van der Waals surface area contributed by atoms with E-state index in [1.54, 1.807) is 35.2 Å². The molecule has 0 saturated carbocycles. The molecule has 1 amide bonds.